The highest BCUT2D eigenvalue weighted by Crippen LogP contribution is 2.17. The lowest BCUT2D eigenvalue weighted by Crippen LogP contribution is -2.30. The van der Waals surface area contributed by atoms with Crippen LogP contribution in [0.15, 0.2) is 36.9 Å². The zero-order valence-electron chi connectivity index (χ0n) is 12.7. The molecule has 0 radical (unpaired) electrons. The first-order chi connectivity index (χ1) is 9.58. The van der Waals surface area contributed by atoms with Gasteiger partial charge in [0.15, 0.2) is 0 Å². The summed E-state index contributed by atoms with van der Waals surface area (Å²) >= 11 is 0. The number of ether oxygens (including phenoxy) is 1. The quantitative estimate of drug-likeness (QED) is 0.584. The molecule has 0 aliphatic rings. The van der Waals surface area contributed by atoms with Crippen LogP contribution in [0.3, 0.4) is 0 Å². The van der Waals surface area contributed by atoms with Gasteiger partial charge in [-0.1, -0.05) is 44.2 Å². The lowest BCUT2D eigenvalue weighted by molar-refractivity contribution is -0.145. The molecule has 1 atom stereocenters. The molecule has 110 valence electrons. The summed E-state index contributed by atoms with van der Waals surface area (Å²) in [5, 5.41) is 3.14. The fourth-order valence-corrected chi connectivity index (χ4v) is 2.08. The minimum absolute atomic E-state index is 0.244. The van der Waals surface area contributed by atoms with Gasteiger partial charge in [0.25, 0.3) is 0 Å². The lowest BCUT2D eigenvalue weighted by Gasteiger charge is -2.17. The SMILES string of the molecule is C=CCNC(C(=O)OCC)c1ccc(CC(C)C)cc1. The fraction of sp³-hybridized carbons (Fsp3) is 0.471. The van der Waals surface area contributed by atoms with Crippen LogP contribution in [-0.2, 0) is 16.0 Å². The van der Waals surface area contributed by atoms with Crippen LogP contribution in [0.2, 0.25) is 0 Å². The standard InChI is InChI=1S/C17H25NO2/c1-5-11-18-16(17(19)20-6-2)15-9-7-14(8-10-15)12-13(3)4/h5,7-10,13,16,18H,1,6,11-12H2,2-4H3. The highest BCUT2D eigenvalue weighted by Gasteiger charge is 2.20. The van der Waals surface area contributed by atoms with E-state index in [9.17, 15) is 4.79 Å². The number of carbonyl (C=O) groups excluding carboxylic acids is 1. The van der Waals surface area contributed by atoms with Gasteiger partial charge in [0.1, 0.15) is 6.04 Å². The Morgan fingerprint density at radius 2 is 2.00 bits per heavy atom. The Labute approximate surface area is 122 Å². The predicted molar refractivity (Wildman–Crippen MR) is 82.6 cm³/mol. The number of esters is 1. The topological polar surface area (TPSA) is 38.3 Å². The fourth-order valence-electron chi connectivity index (χ4n) is 2.08. The van der Waals surface area contributed by atoms with Gasteiger partial charge in [0, 0.05) is 6.54 Å². The summed E-state index contributed by atoms with van der Waals surface area (Å²) in [6, 6.07) is 7.72. The van der Waals surface area contributed by atoms with Gasteiger partial charge in [-0.3, -0.25) is 5.32 Å². The molecule has 0 saturated carbocycles. The van der Waals surface area contributed by atoms with Gasteiger partial charge in [0.05, 0.1) is 6.61 Å². The molecule has 20 heavy (non-hydrogen) atoms. The number of rotatable bonds is 8. The zero-order chi connectivity index (χ0) is 15.0. The normalized spacial score (nSPS) is 12.2. The van der Waals surface area contributed by atoms with Crippen LogP contribution in [0.5, 0.6) is 0 Å². The molecule has 0 bridgehead atoms. The van der Waals surface area contributed by atoms with Crippen LogP contribution in [-0.4, -0.2) is 19.1 Å². The van der Waals surface area contributed by atoms with Crippen LogP contribution < -0.4 is 5.32 Å². The third-order valence-corrected chi connectivity index (χ3v) is 2.95. The highest BCUT2D eigenvalue weighted by atomic mass is 16.5. The van der Waals surface area contributed by atoms with Crippen molar-refractivity contribution in [3.63, 3.8) is 0 Å². The summed E-state index contributed by atoms with van der Waals surface area (Å²) < 4.78 is 5.11. The van der Waals surface area contributed by atoms with E-state index in [1.807, 2.05) is 19.1 Å². The van der Waals surface area contributed by atoms with Crippen molar-refractivity contribution in [2.75, 3.05) is 13.2 Å². The third kappa shape index (κ3) is 5.17. The largest absolute Gasteiger partial charge is 0.465 e. The number of hydrogen-bond donors (Lipinski definition) is 1. The van der Waals surface area contributed by atoms with E-state index < -0.39 is 6.04 Å². The number of carbonyl (C=O) groups is 1. The average molecular weight is 275 g/mol. The molecule has 0 fully saturated rings. The second kappa shape index (κ2) is 8.54. The minimum atomic E-state index is -0.430. The molecule has 1 rings (SSSR count). The molecule has 0 aliphatic carbocycles. The first-order valence-electron chi connectivity index (χ1n) is 7.18. The molecule has 3 heteroatoms. The molecule has 1 aromatic carbocycles. The Kier molecular flexibility index (Phi) is 7.02. The lowest BCUT2D eigenvalue weighted by atomic mass is 9.99. The first kappa shape index (κ1) is 16.4. The second-order valence-corrected chi connectivity index (χ2v) is 5.22. The van der Waals surface area contributed by atoms with Crippen molar-refractivity contribution in [3.05, 3.63) is 48.0 Å². The van der Waals surface area contributed by atoms with Crippen molar-refractivity contribution in [3.8, 4) is 0 Å². The Hall–Kier alpha value is -1.61. The highest BCUT2D eigenvalue weighted by molar-refractivity contribution is 5.77. The van der Waals surface area contributed by atoms with Crippen LogP contribution in [0.1, 0.15) is 37.9 Å². The van der Waals surface area contributed by atoms with Crippen LogP contribution in [0.4, 0.5) is 0 Å². The molecule has 1 unspecified atom stereocenters. The van der Waals surface area contributed by atoms with Crippen molar-refractivity contribution in [2.24, 2.45) is 5.92 Å². The van der Waals surface area contributed by atoms with Gasteiger partial charge < -0.3 is 4.74 Å². The van der Waals surface area contributed by atoms with E-state index in [1.165, 1.54) is 5.56 Å². The van der Waals surface area contributed by atoms with Crippen molar-refractivity contribution in [1.29, 1.82) is 0 Å². The van der Waals surface area contributed by atoms with E-state index >= 15 is 0 Å². The van der Waals surface area contributed by atoms with Crippen molar-refractivity contribution >= 4 is 5.97 Å². The maximum Gasteiger partial charge on any atom is 0.327 e. The molecule has 0 aromatic heterocycles. The van der Waals surface area contributed by atoms with Gasteiger partial charge in [0.2, 0.25) is 0 Å². The zero-order valence-corrected chi connectivity index (χ0v) is 12.7. The number of benzene rings is 1. The van der Waals surface area contributed by atoms with E-state index in [-0.39, 0.29) is 5.97 Å². The third-order valence-electron chi connectivity index (χ3n) is 2.95. The molecular weight excluding hydrogens is 250 g/mol. The minimum Gasteiger partial charge on any atom is -0.465 e. The van der Waals surface area contributed by atoms with E-state index in [1.54, 1.807) is 6.08 Å². The van der Waals surface area contributed by atoms with Crippen molar-refractivity contribution in [2.45, 2.75) is 33.2 Å². The molecule has 0 heterocycles. The summed E-state index contributed by atoms with van der Waals surface area (Å²) in [5.74, 6) is 0.381. The van der Waals surface area contributed by atoms with E-state index in [4.69, 9.17) is 4.74 Å². The molecule has 0 saturated heterocycles. The summed E-state index contributed by atoms with van der Waals surface area (Å²) in [6.07, 6.45) is 2.78. The maximum absolute atomic E-state index is 12.0. The summed E-state index contributed by atoms with van der Waals surface area (Å²) in [6.45, 7) is 10.8. The number of hydrogen-bond acceptors (Lipinski definition) is 3. The molecule has 0 aliphatic heterocycles. The van der Waals surface area contributed by atoms with E-state index in [0.717, 1.165) is 12.0 Å². The Balaban J connectivity index is 2.84. The second-order valence-electron chi connectivity index (χ2n) is 5.22. The molecule has 1 N–H and O–H groups in total. The van der Waals surface area contributed by atoms with E-state index in [2.05, 4.69) is 37.9 Å². The first-order valence-corrected chi connectivity index (χ1v) is 7.18. The summed E-state index contributed by atoms with van der Waals surface area (Å²) in [5.41, 5.74) is 2.22. The Morgan fingerprint density at radius 1 is 1.35 bits per heavy atom. The summed E-state index contributed by atoms with van der Waals surface area (Å²) in [7, 11) is 0. The Morgan fingerprint density at radius 3 is 2.50 bits per heavy atom. The maximum atomic E-state index is 12.0. The average Bonchev–Trinajstić information content (AvgIpc) is 2.40. The van der Waals surface area contributed by atoms with Crippen molar-refractivity contribution in [1.82, 2.24) is 5.32 Å². The molecule has 1 aromatic rings. The summed E-state index contributed by atoms with van der Waals surface area (Å²) in [4.78, 5) is 12.0. The van der Waals surface area contributed by atoms with Gasteiger partial charge in [-0.25, -0.2) is 4.79 Å². The molecule has 0 amide bonds. The molecule has 0 spiro atoms. The van der Waals surface area contributed by atoms with Crippen LogP contribution >= 0.6 is 0 Å². The Bertz CT molecular complexity index is 423. The monoisotopic (exact) mass is 275 g/mol. The van der Waals surface area contributed by atoms with E-state index in [0.29, 0.717) is 19.1 Å². The molecular formula is C17H25NO2. The van der Waals surface area contributed by atoms with Gasteiger partial charge in [-0.2, -0.15) is 0 Å². The van der Waals surface area contributed by atoms with Gasteiger partial charge in [-0.05, 0) is 30.4 Å². The number of nitrogens with one attached hydrogen (secondary N) is 1. The predicted octanol–water partition coefficient (Wildman–Crippen LogP) is 3.26. The van der Waals surface area contributed by atoms with Crippen LogP contribution in [0.25, 0.3) is 0 Å². The van der Waals surface area contributed by atoms with Gasteiger partial charge >= 0.3 is 5.97 Å². The smallest absolute Gasteiger partial charge is 0.327 e. The van der Waals surface area contributed by atoms with Crippen molar-refractivity contribution < 1.29 is 9.53 Å². The molecule has 3 nitrogen and oxygen atoms in total. The van der Waals surface area contributed by atoms with Crippen LogP contribution in [0, 0.1) is 5.92 Å². The van der Waals surface area contributed by atoms with Gasteiger partial charge in [-0.15, -0.1) is 6.58 Å².